The van der Waals surface area contributed by atoms with Gasteiger partial charge in [-0.15, -0.1) is 0 Å². The van der Waals surface area contributed by atoms with Crippen LogP contribution in [-0.2, 0) is 29.2 Å². The maximum Gasteiger partial charge on any atom is 0.276 e. The zero-order valence-corrected chi connectivity index (χ0v) is 20.2. The molecule has 2 aromatic heterocycles. The van der Waals surface area contributed by atoms with Crippen molar-refractivity contribution >= 4 is 22.5 Å². The summed E-state index contributed by atoms with van der Waals surface area (Å²) < 4.78 is 20.0. The first kappa shape index (κ1) is 24.5. The molecule has 0 unspecified atom stereocenters. The van der Waals surface area contributed by atoms with Crippen molar-refractivity contribution in [2.75, 3.05) is 46.1 Å². The Balaban J connectivity index is 1.64. The number of ether oxygens (including phenoxy) is 3. The minimum absolute atomic E-state index is 0.0827. The standard InChI is InChI=1S/C24H31ClN4O5/c1-2-32-13-3-8-28-21(17-34-19-6-4-18(25)5-7-19)23-20(16-22(28)30)26-29(24(23)31)10-9-27-11-14-33-15-12-27/h4-7,16,26H,2-3,8-15,17H2,1H3. The van der Waals surface area contributed by atoms with Crippen molar-refractivity contribution in [1.29, 1.82) is 0 Å². The first-order valence-electron chi connectivity index (χ1n) is 11.7. The first-order valence-corrected chi connectivity index (χ1v) is 12.1. The van der Waals surface area contributed by atoms with Crippen LogP contribution in [0.4, 0.5) is 0 Å². The summed E-state index contributed by atoms with van der Waals surface area (Å²) in [6, 6.07) is 8.49. The third-order valence-electron chi connectivity index (χ3n) is 5.94. The summed E-state index contributed by atoms with van der Waals surface area (Å²) in [7, 11) is 0. The van der Waals surface area contributed by atoms with Crippen molar-refractivity contribution in [2.45, 2.75) is 33.0 Å². The number of halogens is 1. The molecule has 0 spiro atoms. The lowest BCUT2D eigenvalue weighted by molar-refractivity contribution is 0.0359. The molecule has 0 radical (unpaired) electrons. The molecule has 0 amide bonds. The van der Waals surface area contributed by atoms with E-state index in [0.29, 0.717) is 73.3 Å². The molecular weight excluding hydrogens is 460 g/mol. The van der Waals surface area contributed by atoms with Crippen LogP contribution in [-0.4, -0.2) is 65.3 Å². The predicted molar refractivity (Wildman–Crippen MR) is 131 cm³/mol. The molecule has 1 fully saturated rings. The van der Waals surface area contributed by atoms with E-state index in [0.717, 1.165) is 19.6 Å². The molecule has 0 atom stereocenters. The SMILES string of the molecule is CCOCCCn1c(COc2ccc(Cl)cc2)c2c(=O)n(CCN3CCOCC3)[nH]c2cc1=O. The van der Waals surface area contributed by atoms with Crippen LogP contribution in [0.3, 0.4) is 0 Å². The van der Waals surface area contributed by atoms with Crippen LogP contribution < -0.4 is 15.9 Å². The van der Waals surface area contributed by atoms with Gasteiger partial charge in [0.05, 0.1) is 36.4 Å². The predicted octanol–water partition coefficient (Wildman–Crippen LogP) is 2.48. The fraction of sp³-hybridized carbons (Fsp3) is 0.500. The Hall–Kier alpha value is -2.59. The molecule has 1 aromatic carbocycles. The molecule has 0 bridgehead atoms. The van der Waals surface area contributed by atoms with E-state index in [4.69, 9.17) is 25.8 Å². The molecule has 3 heterocycles. The molecule has 1 N–H and O–H groups in total. The second-order valence-electron chi connectivity index (χ2n) is 8.19. The Morgan fingerprint density at radius 1 is 1.09 bits per heavy atom. The van der Waals surface area contributed by atoms with Crippen molar-refractivity contribution in [3.05, 3.63) is 61.8 Å². The van der Waals surface area contributed by atoms with Crippen molar-refractivity contribution in [3.63, 3.8) is 0 Å². The number of morpholine rings is 1. The van der Waals surface area contributed by atoms with E-state index in [1.54, 1.807) is 33.5 Å². The number of rotatable bonds is 11. The number of hydrogen-bond acceptors (Lipinski definition) is 6. The van der Waals surface area contributed by atoms with Crippen molar-refractivity contribution in [1.82, 2.24) is 19.2 Å². The molecule has 1 aliphatic rings. The van der Waals surface area contributed by atoms with Crippen LogP contribution in [0.1, 0.15) is 19.0 Å². The Morgan fingerprint density at radius 3 is 2.59 bits per heavy atom. The number of nitrogens with zero attached hydrogens (tertiary/aromatic N) is 3. The van der Waals surface area contributed by atoms with Gasteiger partial charge in [0.1, 0.15) is 12.4 Å². The first-order chi connectivity index (χ1) is 16.6. The lowest BCUT2D eigenvalue weighted by atomic mass is 10.2. The lowest BCUT2D eigenvalue weighted by Gasteiger charge is -2.26. The monoisotopic (exact) mass is 490 g/mol. The van der Waals surface area contributed by atoms with Gasteiger partial charge in [-0.1, -0.05) is 11.6 Å². The number of hydrogen-bond donors (Lipinski definition) is 1. The summed E-state index contributed by atoms with van der Waals surface area (Å²) in [4.78, 5) is 28.7. The normalized spacial score (nSPS) is 14.6. The smallest absolute Gasteiger partial charge is 0.276 e. The third-order valence-corrected chi connectivity index (χ3v) is 6.19. The van der Waals surface area contributed by atoms with Crippen molar-refractivity contribution in [2.24, 2.45) is 0 Å². The molecule has 0 saturated carbocycles. The van der Waals surface area contributed by atoms with Gasteiger partial charge in [0, 0.05) is 50.5 Å². The zero-order chi connectivity index (χ0) is 23.9. The topological polar surface area (TPSA) is 90.7 Å². The number of benzene rings is 1. The molecule has 34 heavy (non-hydrogen) atoms. The van der Waals surface area contributed by atoms with Crippen LogP contribution in [0, 0.1) is 0 Å². The highest BCUT2D eigenvalue weighted by Crippen LogP contribution is 2.19. The van der Waals surface area contributed by atoms with Crippen LogP contribution in [0.5, 0.6) is 5.75 Å². The summed E-state index contributed by atoms with van der Waals surface area (Å²) >= 11 is 5.97. The molecule has 10 heteroatoms. The Labute approximate surface area is 202 Å². The highest BCUT2D eigenvalue weighted by molar-refractivity contribution is 6.30. The Kier molecular flexibility index (Phi) is 8.44. The van der Waals surface area contributed by atoms with Gasteiger partial charge in [0.15, 0.2) is 0 Å². The van der Waals surface area contributed by atoms with E-state index < -0.39 is 0 Å². The van der Waals surface area contributed by atoms with Crippen LogP contribution in [0.25, 0.3) is 10.9 Å². The third kappa shape index (κ3) is 5.90. The summed E-state index contributed by atoms with van der Waals surface area (Å²) in [5, 5.41) is 4.22. The lowest BCUT2D eigenvalue weighted by Crippen LogP contribution is -2.39. The van der Waals surface area contributed by atoms with Gasteiger partial charge in [0.2, 0.25) is 0 Å². The molecule has 1 aliphatic heterocycles. The molecule has 0 aliphatic carbocycles. The second-order valence-corrected chi connectivity index (χ2v) is 8.62. The van der Waals surface area contributed by atoms with E-state index in [9.17, 15) is 9.59 Å². The van der Waals surface area contributed by atoms with Gasteiger partial charge in [0.25, 0.3) is 11.1 Å². The van der Waals surface area contributed by atoms with E-state index in [1.807, 2.05) is 6.92 Å². The minimum atomic E-state index is -0.180. The summed E-state index contributed by atoms with van der Waals surface area (Å²) in [5.41, 5.74) is 0.741. The van der Waals surface area contributed by atoms with Crippen LogP contribution in [0.15, 0.2) is 39.9 Å². The van der Waals surface area contributed by atoms with Gasteiger partial charge < -0.3 is 18.8 Å². The molecule has 3 aromatic rings. The molecule has 4 rings (SSSR count). The number of nitrogens with one attached hydrogen (secondary N) is 1. The summed E-state index contributed by atoms with van der Waals surface area (Å²) in [5.74, 6) is 0.609. The van der Waals surface area contributed by atoms with Gasteiger partial charge in [-0.05, 0) is 37.6 Å². The molecule has 1 saturated heterocycles. The highest BCUT2D eigenvalue weighted by Gasteiger charge is 2.19. The average Bonchev–Trinajstić information content (AvgIpc) is 3.16. The summed E-state index contributed by atoms with van der Waals surface area (Å²) in [6.07, 6.45) is 0.656. The number of H-pyrrole nitrogens is 1. The molecular formula is C24H31ClN4O5. The Morgan fingerprint density at radius 2 is 1.85 bits per heavy atom. The maximum absolute atomic E-state index is 13.4. The zero-order valence-electron chi connectivity index (χ0n) is 19.4. The fourth-order valence-corrected chi connectivity index (χ4v) is 4.25. The molecule has 184 valence electrons. The highest BCUT2D eigenvalue weighted by atomic mass is 35.5. The van der Waals surface area contributed by atoms with E-state index in [1.165, 1.54) is 6.07 Å². The number of aromatic nitrogens is 3. The number of fused-ring (bicyclic) bond motifs is 1. The molecule has 9 nitrogen and oxygen atoms in total. The van der Waals surface area contributed by atoms with E-state index in [-0.39, 0.29) is 17.7 Å². The van der Waals surface area contributed by atoms with Gasteiger partial charge in [-0.3, -0.25) is 24.3 Å². The maximum atomic E-state index is 13.4. The quantitative estimate of drug-likeness (QED) is 0.415. The number of pyridine rings is 1. The van der Waals surface area contributed by atoms with Gasteiger partial charge >= 0.3 is 0 Å². The van der Waals surface area contributed by atoms with Gasteiger partial charge in [-0.25, -0.2) is 0 Å². The van der Waals surface area contributed by atoms with Crippen molar-refractivity contribution in [3.8, 4) is 5.75 Å². The fourth-order valence-electron chi connectivity index (χ4n) is 4.13. The second kappa shape index (κ2) is 11.7. The largest absolute Gasteiger partial charge is 0.487 e. The van der Waals surface area contributed by atoms with E-state index in [2.05, 4.69) is 10.00 Å². The average molecular weight is 491 g/mol. The Bertz CT molecular complexity index is 1200. The van der Waals surface area contributed by atoms with Crippen molar-refractivity contribution < 1.29 is 14.2 Å². The van der Waals surface area contributed by atoms with E-state index >= 15 is 0 Å². The number of aromatic amines is 1. The van der Waals surface area contributed by atoms with Crippen LogP contribution in [0.2, 0.25) is 5.02 Å². The summed E-state index contributed by atoms with van der Waals surface area (Å²) in [6.45, 7) is 7.94. The van der Waals surface area contributed by atoms with Crippen LogP contribution >= 0.6 is 11.6 Å². The van der Waals surface area contributed by atoms with Gasteiger partial charge in [-0.2, -0.15) is 0 Å². The minimum Gasteiger partial charge on any atom is -0.487 e.